The average molecular weight is 349 g/mol. The topological polar surface area (TPSA) is 82.3 Å². The highest BCUT2D eigenvalue weighted by molar-refractivity contribution is 5.90. The molecule has 3 aromatic rings. The molecule has 0 aliphatic carbocycles. The number of hydrogen-bond donors (Lipinski definition) is 3. The predicted molar refractivity (Wildman–Crippen MR) is 104 cm³/mol. The van der Waals surface area contributed by atoms with Crippen LogP contribution < -0.4 is 5.73 Å². The van der Waals surface area contributed by atoms with Crippen molar-refractivity contribution in [1.29, 1.82) is 0 Å². The summed E-state index contributed by atoms with van der Waals surface area (Å²) in [6, 6.07) is 15.9. The fourth-order valence-electron chi connectivity index (χ4n) is 3.10. The number of carbonyl (C=O) groups excluding carboxylic acids is 1. The van der Waals surface area contributed by atoms with Gasteiger partial charge in [0.05, 0.1) is 0 Å². The number of fused-ring (bicyclic) bond motifs is 1. The second kappa shape index (κ2) is 7.99. The molecule has 0 atom stereocenters. The number of H-pyrrole nitrogens is 1. The summed E-state index contributed by atoms with van der Waals surface area (Å²) in [4.78, 5) is 14.1. The molecule has 5 heteroatoms. The van der Waals surface area contributed by atoms with Gasteiger partial charge in [0, 0.05) is 35.8 Å². The number of aryl methyl sites for hydroxylation is 1. The fourth-order valence-corrected chi connectivity index (χ4v) is 3.10. The second-order valence-corrected chi connectivity index (χ2v) is 6.39. The van der Waals surface area contributed by atoms with E-state index < -0.39 is 5.91 Å². The average Bonchev–Trinajstić information content (AvgIpc) is 2.94. The van der Waals surface area contributed by atoms with E-state index in [1.807, 2.05) is 36.4 Å². The normalized spacial score (nSPS) is 11.7. The lowest BCUT2D eigenvalue weighted by Crippen LogP contribution is -2.21. The molecule has 0 saturated heterocycles. The molecular weight excluding hydrogens is 326 g/mol. The monoisotopic (exact) mass is 349 g/mol. The zero-order valence-electron chi connectivity index (χ0n) is 14.8. The molecular formula is C21H23N3O2. The fraction of sp³-hybridized carbons (Fsp3) is 0.190. The first-order valence-electron chi connectivity index (χ1n) is 8.59. The zero-order valence-corrected chi connectivity index (χ0v) is 14.8. The van der Waals surface area contributed by atoms with Gasteiger partial charge < -0.3 is 15.9 Å². The SMILES string of the molecule is Cc1[nH]c2ccccc2c1CCN(O)Cc1ccc(/C=C/C(N)=O)cc1. The summed E-state index contributed by atoms with van der Waals surface area (Å²) < 4.78 is 0. The van der Waals surface area contributed by atoms with Crippen molar-refractivity contribution < 1.29 is 10.0 Å². The molecule has 0 radical (unpaired) electrons. The molecule has 0 spiro atoms. The van der Waals surface area contributed by atoms with Crippen LogP contribution >= 0.6 is 0 Å². The van der Waals surface area contributed by atoms with Crippen molar-refractivity contribution in [2.24, 2.45) is 5.73 Å². The number of aromatic amines is 1. The van der Waals surface area contributed by atoms with E-state index in [0.29, 0.717) is 13.1 Å². The second-order valence-electron chi connectivity index (χ2n) is 6.39. The minimum atomic E-state index is -0.469. The van der Waals surface area contributed by atoms with Crippen LogP contribution in [0.2, 0.25) is 0 Å². The lowest BCUT2D eigenvalue weighted by Gasteiger charge is -2.15. The molecule has 0 bridgehead atoms. The van der Waals surface area contributed by atoms with Crippen LogP contribution in [-0.4, -0.2) is 27.7 Å². The van der Waals surface area contributed by atoms with Crippen LogP contribution in [0.25, 0.3) is 17.0 Å². The molecule has 0 aliphatic heterocycles. The number of hydroxylamine groups is 2. The van der Waals surface area contributed by atoms with Gasteiger partial charge in [0.2, 0.25) is 5.91 Å². The van der Waals surface area contributed by atoms with Crippen molar-refractivity contribution in [3.63, 3.8) is 0 Å². The smallest absolute Gasteiger partial charge is 0.241 e. The van der Waals surface area contributed by atoms with Crippen LogP contribution in [0.1, 0.15) is 22.4 Å². The number of benzene rings is 2. The third-order valence-electron chi connectivity index (χ3n) is 4.43. The molecule has 4 N–H and O–H groups in total. The summed E-state index contributed by atoms with van der Waals surface area (Å²) in [5.41, 5.74) is 10.5. The quantitative estimate of drug-likeness (QED) is 0.451. The lowest BCUT2D eigenvalue weighted by atomic mass is 10.1. The van der Waals surface area contributed by atoms with Gasteiger partial charge in [-0.15, -0.1) is 0 Å². The van der Waals surface area contributed by atoms with Crippen LogP contribution in [0.5, 0.6) is 0 Å². The number of carbonyl (C=O) groups is 1. The Morgan fingerprint density at radius 3 is 2.65 bits per heavy atom. The summed E-state index contributed by atoms with van der Waals surface area (Å²) in [5, 5.41) is 12.8. The van der Waals surface area contributed by atoms with Crippen molar-refractivity contribution in [3.8, 4) is 0 Å². The Morgan fingerprint density at radius 1 is 1.19 bits per heavy atom. The highest BCUT2D eigenvalue weighted by atomic mass is 16.5. The lowest BCUT2D eigenvalue weighted by molar-refractivity contribution is -0.113. The van der Waals surface area contributed by atoms with E-state index in [1.165, 1.54) is 22.1 Å². The molecule has 26 heavy (non-hydrogen) atoms. The number of rotatable bonds is 7. The van der Waals surface area contributed by atoms with E-state index >= 15 is 0 Å². The van der Waals surface area contributed by atoms with Gasteiger partial charge in [0.15, 0.2) is 0 Å². The third kappa shape index (κ3) is 4.39. The van der Waals surface area contributed by atoms with Crippen LogP contribution in [0.3, 0.4) is 0 Å². The molecule has 0 saturated carbocycles. The van der Waals surface area contributed by atoms with Crippen molar-refractivity contribution in [1.82, 2.24) is 10.0 Å². The number of para-hydroxylation sites is 1. The Labute approximate surface area is 152 Å². The molecule has 1 aromatic heterocycles. The number of nitrogens with one attached hydrogen (secondary N) is 1. The zero-order chi connectivity index (χ0) is 18.5. The Morgan fingerprint density at radius 2 is 1.92 bits per heavy atom. The predicted octanol–water partition coefficient (Wildman–Crippen LogP) is 3.41. The van der Waals surface area contributed by atoms with Crippen molar-refractivity contribution in [2.45, 2.75) is 19.9 Å². The maximum absolute atomic E-state index is 10.8. The summed E-state index contributed by atoms with van der Waals surface area (Å²) in [6.07, 6.45) is 3.77. The summed E-state index contributed by atoms with van der Waals surface area (Å²) in [7, 11) is 0. The van der Waals surface area contributed by atoms with Gasteiger partial charge in [-0.05, 0) is 42.2 Å². The van der Waals surface area contributed by atoms with Gasteiger partial charge in [-0.3, -0.25) is 4.79 Å². The number of amides is 1. The highest BCUT2D eigenvalue weighted by Crippen LogP contribution is 2.22. The third-order valence-corrected chi connectivity index (χ3v) is 4.43. The van der Waals surface area contributed by atoms with E-state index in [9.17, 15) is 10.0 Å². The van der Waals surface area contributed by atoms with Gasteiger partial charge in [-0.2, -0.15) is 5.06 Å². The Hall–Kier alpha value is -2.89. The molecule has 1 amide bonds. The molecule has 3 rings (SSSR count). The summed E-state index contributed by atoms with van der Waals surface area (Å²) in [5.74, 6) is -0.469. The molecule has 5 nitrogen and oxygen atoms in total. The van der Waals surface area contributed by atoms with Gasteiger partial charge in [0.1, 0.15) is 0 Å². The first-order chi connectivity index (χ1) is 12.5. The molecule has 134 valence electrons. The number of hydrogen-bond acceptors (Lipinski definition) is 3. The summed E-state index contributed by atoms with van der Waals surface area (Å²) >= 11 is 0. The van der Waals surface area contributed by atoms with E-state index in [-0.39, 0.29) is 0 Å². The van der Waals surface area contributed by atoms with Crippen molar-refractivity contribution in [2.75, 3.05) is 6.54 Å². The highest BCUT2D eigenvalue weighted by Gasteiger charge is 2.10. The maximum Gasteiger partial charge on any atom is 0.241 e. The Kier molecular flexibility index (Phi) is 5.51. The molecule has 1 heterocycles. The first-order valence-corrected chi connectivity index (χ1v) is 8.59. The minimum Gasteiger partial charge on any atom is -0.366 e. The van der Waals surface area contributed by atoms with Crippen LogP contribution in [-0.2, 0) is 17.8 Å². The standard InChI is InChI=1S/C21H23N3O2/c1-15-18(19-4-2-3-5-20(19)23-15)12-13-24(26)14-17-8-6-16(7-9-17)10-11-21(22)25/h2-11,23,26H,12-14H2,1H3,(H2,22,25)/b11-10+. The summed E-state index contributed by atoms with van der Waals surface area (Å²) in [6.45, 7) is 3.06. The van der Waals surface area contributed by atoms with Crippen LogP contribution in [0.4, 0.5) is 0 Å². The number of primary amides is 1. The van der Waals surface area contributed by atoms with Gasteiger partial charge in [-0.25, -0.2) is 0 Å². The van der Waals surface area contributed by atoms with Crippen LogP contribution in [0, 0.1) is 6.92 Å². The number of nitrogens with zero attached hydrogens (tertiary/aromatic N) is 1. The van der Waals surface area contributed by atoms with E-state index in [1.54, 1.807) is 6.08 Å². The molecule has 0 unspecified atom stereocenters. The minimum absolute atomic E-state index is 0.446. The van der Waals surface area contributed by atoms with Crippen molar-refractivity contribution >= 4 is 22.9 Å². The number of nitrogens with two attached hydrogens (primary N) is 1. The van der Waals surface area contributed by atoms with Gasteiger partial charge >= 0.3 is 0 Å². The van der Waals surface area contributed by atoms with E-state index in [4.69, 9.17) is 5.73 Å². The van der Waals surface area contributed by atoms with E-state index in [0.717, 1.165) is 28.8 Å². The van der Waals surface area contributed by atoms with Crippen molar-refractivity contribution in [3.05, 3.63) is 77.0 Å². The first kappa shape index (κ1) is 17.9. The molecule has 0 fully saturated rings. The molecule has 0 aliphatic rings. The number of aromatic nitrogens is 1. The van der Waals surface area contributed by atoms with E-state index in [2.05, 4.69) is 24.0 Å². The maximum atomic E-state index is 10.8. The Balaban J connectivity index is 1.59. The van der Waals surface area contributed by atoms with Gasteiger partial charge in [-0.1, -0.05) is 42.5 Å². The van der Waals surface area contributed by atoms with Crippen LogP contribution in [0.15, 0.2) is 54.6 Å². The largest absolute Gasteiger partial charge is 0.366 e. The molecule has 2 aromatic carbocycles. The van der Waals surface area contributed by atoms with Gasteiger partial charge in [0.25, 0.3) is 0 Å². The Bertz CT molecular complexity index is 926.